The predicted octanol–water partition coefficient (Wildman–Crippen LogP) is 3.95. The van der Waals surface area contributed by atoms with Gasteiger partial charge in [-0.05, 0) is 18.2 Å². The second-order valence-corrected chi connectivity index (χ2v) is 4.30. The Morgan fingerprint density at radius 1 is 1.42 bits per heavy atom. The highest BCUT2D eigenvalue weighted by atomic mass is 19.4. The third kappa shape index (κ3) is 2.87. The lowest BCUT2D eigenvalue weighted by molar-refractivity contribution is -0.137. The van der Waals surface area contributed by atoms with Gasteiger partial charge in [0.15, 0.2) is 0 Å². The highest BCUT2D eigenvalue weighted by Crippen LogP contribution is 2.37. The molecule has 1 unspecified atom stereocenters. The fourth-order valence-electron chi connectivity index (χ4n) is 1.68. The van der Waals surface area contributed by atoms with Crippen molar-refractivity contribution in [3.05, 3.63) is 46.3 Å². The number of hydrogen-bond donors (Lipinski definition) is 1. The number of rotatable bonds is 3. The molecule has 102 valence electrons. The number of carboxylic acid groups (broad SMARTS) is 1. The summed E-state index contributed by atoms with van der Waals surface area (Å²) < 4.78 is 38.0. The molecule has 0 aliphatic rings. The van der Waals surface area contributed by atoms with Crippen LogP contribution in [0.1, 0.15) is 41.8 Å². The van der Waals surface area contributed by atoms with E-state index in [0.717, 1.165) is 12.1 Å². The van der Waals surface area contributed by atoms with Gasteiger partial charge in [-0.3, -0.25) is 0 Å². The van der Waals surface area contributed by atoms with Crippen LogP contribution in [0.2, 0.25) is 0 Å². The average Bonchev–Trinajstić information content (AvgIpc) is 2.36. The lowest BCUT2D eigenvalue weighted by Crippen LogP contribution is -2.21. The van der Waals surface area contributed by atoms with E-state index in [2.05, 4.69) is 4.85 Å². The van der Waals surface area contributed by atoms with Gasteiger partial charge in [0, 0.05) is 13.3 Å². The number of carbonyl (C=O) groups is 1. The fourth-order valence-corrected chi connectivity index (χ4v) is 1.68. The molecule has 3 nitrogen and oxygen atoms in total. The molecule has 19 heavy (non-hydrogen) atoms. The van der Waals surface area contributed by atoms with E-state index < -0.39 is 23.2 Å². The lowest BCUT2D eigenvalue weighted by atomic mass is 9.85. The van der Waals surface area contributed by atoms with Crippen LogP contribution in [0.15, 0.2) is 18.2 Å². The summed E-state index contributed by atoms with van der Waals surface area (Å²) in [5.74, 6) is -1.34. The normalized spacial score (nSPS) is 14.5. The number of alkyl halides is 3. The number of hydrogen-bond acceptors (Lipinski definition) is 1. The number of carboxylic acids is 1. The van der Waals surface area contributed by atoms with E-state index in [1.165, 1.54) is 6.92 Å². The summed E-state index contributed by atoms with van der Waals surface area (Å²) in [7, 11) is 0. The molecule has 0 spiro atoms. The lowest BCUT2D eigenvalue weighted by Gasteiger charge is -2.19. The first-order valence-electron chi connectivity index (χ1n) is 5.49. The molecule has 1 rings (SSSR count). The first-order valence-corrected chi connectivity index (χ1v) is 5.49. The summed E-state index contributed by atoms with van der Waals surface area (Å²) in [6, 6.07) is 2.37. The molecule has 0 aliphatic carbocycles. The van der Waals surface area contributed by atoms with Gasteiger partial charge in [-0.25, -0.2) is 11.4 Å². The summed E-state index contributed by atoms with van der Waals surface area (Å²) in [5.41, 5.74) is -2.61. The minimum absolute atomic E-state index is 0.104. The Morgan fingerprint density at radius 3 is 2.37 bits per heavy atom. The maximum absolute atomic E-state index is 12.7. The number of nitrogens with zero attached hydrogens (tertiary/aromatic N) is 1. The minimum atomic E-state index is -4.57. The Labute approximate surface area is 108 Å². The topological polar surface area (TPSA) is 41.7 Å². The molecule has 1 aromatic carbocycles. The number of benzene rings is 1. The number of halogens is 3. The SMILES string of the molecule is [C-]#[N+]C(C)(CC)c1cc(C(F)(F)F)ccc1C(=O)O. The maximum atomic E-state index is 12.7. The van der Waals surface area contributed by atoms with Crippen molar-refractivity contribution >= 4 is 5.97 Å². The van der Waals surface area contributed by atoms with Crippen LogP contribution in [0.4, 0.5) is 13.2 Å². The second-order valence-electron chi connectivity index (χ2n) is 4.30. The van der Waals surface area contributed by atoms with Crippen LogP contribution < -0.4 is 0 Å². The average molecular weight is 271 g/mol. The molecular weight excluding hydrogens is 259 g/mol. The van der Waals surface area contributed by atoms with Gasteiger partial charge in [-0.1, -0.05) is 6.92 Å². The highest BCUT2D eigenvalue weighted by molar-refractivity contribution is 5.90. The summed E-state index contributed by atoms with van der Waals surface area (Å²) in [5, 5.41) is 9.03. The standard InChI is InChI=1S/C13H12F3NO2/c1-4-12(2,17-3)10-7-8(13(14,15)16)5-6-9(10)11(18)19/h5-7H,4H2,1-2H3,(H,18,19). The van der Waals surface area contributed by atoms with Crippen molar-refractivity contribution in [3.8, 4) is 0 Å². The quantitative estimate of drug-likeness (QED) is 0.846. The predicted molar refractivity (Wildman–Crippen MR) is 62.6 cm³/mol. The number of aromatic carboxylic acids is 1. The summed E-state index contributed by atoms with van der Waals surface area (Å²) >= 11 is 0. The van der Waals surface area contributed by atoms with E-state index >= 15 is 0 Å². The van der Waals surface area contributed by atoms with Gasteiger partial charge in [0.2, 0.25) is 0 Å². The molecule has 0 saturated carbocycles. The first kappa shape index (κ1) is 15.0. The molecule has 0 saturated heterocycles. The summed E-state index contributed by atoms with van der Waals surface area (Å²) in [6.45, 7) is 10.2. The van der Waals surface area contributed by atoms with Crippen LogP contribution in [0.5, 0.6) is 0 Å². The third-order valence-electron chi connectivity index (χ3n) is 3.09. The molecule has 1 atom stereocenters. The van der Waals surface area contributed by atoms with E-state index in [1.54, 1.807) is 6.92 Å². The molecule has 0 amide bonds. The van der Waals surface area contributed by atoms with Crippen molar-refractivity contribution in [1.82, 2.24) is 0 Å². The van der Waals surface area contributed by atoms with Gasteiger partial charge in [0.25, 0.3) is 5.54 Å². The Hall–Kier alpha value is -2.03. The van der Waals surface area contributed by atoms with Crippen LogP contribution in [-0.4, -0.2) is 11.1 Å². The van der Waals surface area contributed by atoms with E-state index in [4.69, 9.17) is 11.7 Å². The van der Waals surface area contributed by atoms with E-state index in [0.29, 0.717) is 6.07 Å². The molecule has 1 aromatic rings. The molecule has 0 aliphatic heterocycles. The van der Waals surface area contributed by atoms with Gasteiger partial charge >= 0.3 is 12.1 Å². The van der Waals surface area contributed by atoms with Crippen LogP contribution >= 0.6 is 0 Å². The van der Waals surface area contributed by atoms with Crippen molar-refractivity contribution < 1.29 is 23.1 Å². The zero-order valence-electron chi connectivity index (χ0n) is 10.4. The molecular formula is C13H12F3NO2. The molecule has 0 bridgehead atoms. The van der Waals surface area contributed by atoms with Crippen LogP contribution in [-0.2, 0) is 11.7 Å². The molecule has 0 radical (unpaired) electrons. The fraction of sp³-hybridized carbons (Fsp3) is 0.385. The molecule has 6 heteroatoms. The molecule has 1 N–H and O–H groups in total. The summed E-state index contributed by atoms with van der Waals surface area (Å²) in [4.78, 5) is 14.4. The van der Waals surface area contributed by atoms with Gasteiger partial charge < -0.3 is 9.95 Å². The van der Waals surface area contributed by atoms with Crippen molar-refractivity contribution in [3.63, 3.8) is 0 Å². The van der Waals surface area contributed by atoms with Crippen molar-refractivity contribution in [2.24, 2.45) is 0 Å². The van der Waals surface area contributed by atoms with E-state index in [1.807, 2.05) is 0 Å². The Kier molecular flexibility index (Phi) is 3.89. The Balaban J connectivity index is 3.58. The second kappa shape index (κ2) is 4.92. The van der Waals surface area contributed by atoms with Crippen LogP contribution in [0.25, 0.3) is 4.85 Å². The zero-order chi connectivity index (χ0) is 14.8. The Morgan fingerprint density at radius 2 is 2.00 bits per heavy atom. The van der Waals surface area contributed by atoms with Crippen LogP contribution in [0.3, 0.4) is 0 Å². The smallest absolute Gasteiger partial charge is 0.416 e. The molecule has 0 heterocycles. The first-order chi connectivity index (χ1) is 8.65. The van der Waals surface area contributed by atoms with Crippen molar-refractivity contribution in [2.75, 3.05) is 0 Å². The molecule has 0 fully saturated rings. The molecule has 0 aromatic heterocycles. The van der Waals surface area contributed by atoms with Gasteiger partial charge in [-0.2, -0.15) is 13.2 Å². The largest absolute Gasteiger partial charge is 0.478 e. The van der Waals surface area contributed by atoms with Gasteiger partial charge in [0.05, 0.1) is 16.7 Å². The summed E-state index contributed by atoms with van der Waals surface area (Å²) in [6.07, 6.45) is -4.35. The van der Waals surface area contributed by atoms with Gasteiger partial charge in [0.1, 0.15) is 0 Å². The minimum Gasteiger partial charge on any atom is -0.478 e. The Bertz CT molecular complexity index is 546. The van der Waals surface area contributed by atoms with E-state index in [-0.39, 0.29) is 17.5 Å². The van der Waals surface area contributed by atoms with Crippen LogP contribution in [0, 0.1) is 6.57 Å². The monoisotopic (exact) mass is 271 g/mol. The van der Waals surface area contributed by atoms with Gasteiger partial charge in [-0.15, -0.1) is 0 Å². The van der Waals surface area contributed by atoms with Crippen molar-refractivity contribution in [2.45, 2.75) is 32.0 Å². The maximum Gasteiger partial charge on any atom is 0.416 e. The highest BCUT2D eigenvalue weighted by Gasteiger charge is 2.38. The van der Waals surface area contributed by atoms with E-state index in [9.17, 15) is 18.0 Å². The zero-order valence-corrected chi connectivity index (χ0v) is 10.4. The van der Waals surface area contributed by atoms with Crippen molar-refractivity contribution in [1.29, 1.82) is 0 Å². The third-order valence-corrected chi connectivity index (χ3v) is 3.09.